The van der Waals surface area contributed by atoms with Crippen LogP contribution in [0.4, 0.5) is 4.79 Å². The number of carbonyl (C=O) groups is 1. The Hall–Kier alpha value is -1.19. The number of nitrogens with one attached hydrogen (secondary N) is 1. The zero-order valence-electron chi connectivity index (χ0n) is 9.04. The average molecular weight is 198 g/mol. The van der Waals surface area contributed by atoms with Crippen molar-refractivity contribution in [2.45, 2.75) is 32.4 Å². The molecular weight excluding hydrogens is 180 g/mol. The lowest BCUT2D eigenvalue weighted by Crippen LogP contribution is -2.29. The summed E-state index contributed by atoms with van der Waals surface area (Å²) in [4.78, 5) is 13.1. The molecule has 0 saturated carbocycles. The van der Waals surface area contributed by atoms with E-state index < -0.39 is 5.60 Å². The monoisotopic (exact) mass is 198 g/mol. The highest BCUT2D eigenvalue weighted by Crippen LogP contribution is 2.20. The second-order valence-electron chi connectivity index (χ2n) is 4.40. The van der Waals surface area contributed by atoms with Crippen LogP contribution in [0.25, 0.3) is 0 Å². The third-order valence-electron chi connectivity index (χ3n) is 1.84. The maximum absolute atomic E-state index is 11.4. The molecule has 0 aromatic heterocycles. The molecule has 0 aromatic carbocycles. The Morgan fingerprint density at radius 1 is 1.71 bits per heavy atom. The molecule has 1 atom stereocenters. The SMILES string of the molecule is C=CNCC1CN1C(=O)OC(C)(C)C. The predicted molar refractivity (Wildman–Crippen MR) is 54.9 cm³/mol. The summed E-state index contributed by atoms with van der Waals surface area (Å²) in [5.74, 6) is 0. The van der Waals surface area contributed by atoms with Crippen molar-refractivity contribution in [2.24, 2.45) is 0 Å². The summed E-state index contributed by atoms with van der Waals surface area (Å²) in [5.41, 5.74) is -0.407. The maximum atomic E-state index is 11.4. The molecule has 0 spiro atoms. The van der Waals surface area contributed by atoms with Gasteiger partial charge in [-0.25, -0.2) is 4.79 Å². The fourth-order valence-corrected chi connectivity index (χ4v) is 1.12. The summed E-state index contributed by atoms with van der Waals surface area (Å²) in [6.07, 6.45) is 1.40. The second kappa shape index (κ2) is 3.90. The molecular formula is C10H18N2O2. The molecule has 80 valence electrons. The highest BCUT2D eigenvalue weighted by molar-refractivity contribution is 5.71. The number of rotatable bonds is 3. The predicted octanol–water partition coefficient (Wildman–Crippen LogP) is 1.34. The van der Waals surface area contributed by atoms with Crippen LogP contribution < -0.4 is 5.32 Å². The van der Waals surface area contributed by atoms with Crippen molar-refractivity contribution >= 4 is 6.09 Å². The molecule has 0 aliphatic carbocycles. The van der Waals surface area contributed by atoms with Gasteiger partial charge in [0.05, 0.1) is 6.04 Å². The minimum atomic E-state index is -0.407. The molecule has 1 amide bonds. The van der Waals surface area contributed by atoms with Crippen molar-refractivity contribution in [3.8, 4) is 0 Å². The topological polar surface area (TPSA) is 41.3 Å². The standard InChI is InChI=1S/C10H18N2O2/c1-5-11-6-8-7-12(8)9(13)14-10(2,3)4/h5,8,11H,1,6-7H2,2-4H3. The van der Waals surface area contributed by atoms with Crippen molar-refractivity contribution in [1.82, 2.24) is 10.2 Å². The van der Waals surface area contributed by atoms with E-state index in [4.69, 9.17) is 4.74 Å². The van der Waals surface area contributed by atoms with E-state index in [9.17, 15) is 4.79 Å². The average Bonchev–Trinajstić information content (AvgIpc) is 2.76. The molecule has 1 saturated heterocycles. The van der Waals surface area contributed by atoms with Crippen LogP contribution in [0.2, 0.25) is 0 Å². The summed E-state index contributed by atoms with van der Waals surface area (Å²) < 4.78 is 5.21. The van der Waals surface area contributed by atoms with Gasteiger partial charge in [0.2, 0.25) is 0 Å². The first-order chi connectivity index (χ1) is 6.44. The van der Waals surface area contributed by atoms with Gasteiger partial charge in [-0.3, -0.25) is 4.90 Å². The highest BCUT2D eigenvalue weighted by atomic mass is 16.6. The molecule has 1 N–H and O–H groups in total. The minimum Gasteiger partial charge on any atom is -0.444 e. The quantitative estimate of drug-likeness (QED) is 0.696. The fraction of sp³-hybridized carbons (Fsp3) is 0.700. The van der Waals surface area contributed by atoms with Crippen molar-refractivity contribution in [3.05, 3.63) is 12.8 Å². The Morgan fingerprint density at radius 3 is 2.86 bits per heavy atom. The number of hydrogen-bond donors (Lipinski definition) is 1. The molecule has 1 aliphatic heterocycles. The van der Waals surface area contributed by atoms with Gasteiger partial charge in [-0.2, -0.15) is 0 Å². The van der Waals surface area contributed by atoms with E-state index in [2.05, 4.69) is 11.9 Å². The van der Waals surface area contributed by atoms with Gasteiger partial charge in [0.25, 0.3) is 0 Å². The first-order valence-electron chi connectivity index (χ1n) is 4.78. The van der Waals surface area contributed by atoms with Gasteiger partial charge in [-0.1, -0.05) is 6.58 Å². The largest absolute Gasteiger partial charge is 0.444 e. The number of amides is 1. The van der Waals surface area contributed by atoms with Gasteiger partial charge in [0.1, 0.15) is 5.60 Å². The molecule has 4 heteroatoms. The lowest BCUT2D eigenvalue weighted by Gasteiger charge is -2.19. The van der Waals surface area contributed by atoms with Crippen molar-refractivity contribution in [3.63, 3.8) is 0 Å². The Kier molecular flexibility index (Phi) is 3.03. The van der Waals surface area contributed by atoms with Crippen LogP contribution in [-0.4, -0.2) is 35.7 Å². The van der Waals surface area contributed by atoms with Crippen LogP contribution in [0.15, 0.2) is 12.8 Å². The third kappa shape index (κ3) is 3.28. The van der Waals surface area contributed by atoms with Gasteiger partial charge in [-0.15, -0.1) is 0 Å². The molecule has 4 nitrogen and oxygen atoms in total. The summed E-state index contributed by atoms with van der Waals surface area (Å²) in [5, 5.41) is 2.97. The minimum absolute atomic E-state index is 0.228. The number of nitrogens with zero attached hydrogens (tertiary/aromatic N) is 1. The van der Waals surface area contributed by atoms with Gasteiger partial charge in [-0.05, 0) is 27.0 Å². The van der Waals surface area contributed by atoms with Crippen LogP contribution in [0.3, 0.4) is 0 Å². The molecule has 0 aromatic rings. The Bertz CT molecular complexity index is 233. The Balaban J connectivity index is 2.25. The number of ether oxygens (including phenoxy) is 1. The third-order valence-corrected chi connectivity index (χ3v) is 1.84. The summed E-state index contributed by atoms with van der Waals surface area (Å²) in [6.45, 7) is 10.7. The summed E-state index contributed by atoms with van der Waals surface area (Å²) in [7, 11) is 0. The first-order valence-corrected chi connectivity index (χ1v) is 4.78. The second-order valence-corrected chi connectivity index (χ2v) is 4.40. The Morgan fingerprint density at radius 2 is 2.36 bits per heavy atom. The fourth-order valence-electron chi connectivity index (χ4n) is 1.12. The number of carbonyl (C=O) groups excluding carboxylic acids is 1. The van der Waals surface area contributed by atoms with E-state index in [0.29, 0.717) is 0 Å². The molecule has 1 heterocycles. The van der Waals surface area contributed by atoms with E-state index in [0.717, 1.165) is 13.1 Å². The zero-order chi connectivity index (χ0) is 10.8. The lowest BCUT2D eigenvalue weighted by molar-refractivity contribution is 0.0407. The van der Waals surface area contributed by atoms with Crippen LogP contribution >= 0.6 is 0 Å². The molecule has 14 heavy (non-hydrogen) atoms. The van der Waals surface area contributed by atoms with Gasteiger partial charge in [0.15, 0.2) is 0 Å². The molecule has 0 bridgehead atoms. The molecule has 1 aliphatic rings. The van der Waals surface area contributed by atoms with E-state index in [1.54, 1.807) is 11.1 Å². The van der Waals surface area contributed by atoms with E-state index in [1.165, 1.54) is 0 Å². The smallest absolute Gasteiger partial charge is 0.410 e. The van der Waals surface area contributed by atoms with E-state index in [1.807, 2.05) is 20.8 Å². The first kappa shape index (κ1) is 10.9. The van der Waals surface area contributed by atoms with Crippen molar-refractivity contribution < 1.29 is 9.53 Å². The molecule has 0 radical (unpaired) electrons. The summed E-state index contributed by atoms with van der Waals surface area (Å²) in [6, 6.07) is 0.267. The van der Waals surface area contributed by atoms with Crippen LogP contribution in [0.1, 0.15) is 20.8 Å². The van der Waals surface area contributed by atoms with Crippen LogP contribution in [0, 0.1) is 0 Å². The molecule has 1 fully saturated rings. The zero-order valence-corrected chi connectivity index (χ0v) is 9.04. The highest BCUT2D eigenvalue weighted by Gasteiger charge is 2.40. The lowest BCUT2D eigenvalue weighted by atomic mass is 10.2. The van der Waals surface area contributed by atoms with Crippen molar-refractivity contribution in [1.29, 1.82) is 0 Å². The van der Waals surface area contributed by atoms with Crippen LogP contribution in [0.5, 0.6) is 0 Å². The molecule has 1 unspecified atom stereocenters. The van der Waals surface area contributed by atoms with Gasteiger partial charge in [0, 0.05) is 13.1 Å². The van der Waals surface area contributed by atoms with Crippen LogP contribution in [-0.2, 0) is 4.74 Å². The van der Waals surface area contributed by atoms with Gasteiger partial charge < -0.3 is 10.1 Å². The summed E-state index contributed by atoms with van der Waals surface area (Å²) >= 11 is 0. The number of hydrogen-bond acceptors (Lipinski definition) is 3. The van der Waals surface area contributed by atoms with E-state index in [-0.39, 0.29) is 12.1 Å². The Labute approximate surface area is 84.9 Å². The van der Waals surface area contributed by atoms with Gasteiger partial charge >= 0.3 is 6.09 Å². The van der Waals surface area contributed by atoms with E-state index >= 15 is 0 Å². The van der Waals surface area contributed by atoms with Crippen molar-refractivity contribution in [2.75, 3.05) is 13.1 Å². The molecule has 1 rings (SSSR count). The normalized spacial score (nSPS) is 20.2. The maximum Gasteiger partial charge on any atom is 0.410 e.